The number of aliphatic hydroxyl groups is 1. The maximum atomic E-state index is 16.3. The van der Waals surface area contributed by atoms with Crippen LogP contribution < -0.4 is 14.9 Å². The molecule has 1 saturated carbocycles. The van der Waals surface area contributed by atoms with Crippen molar-refractivity contribution >= 4 is 30.7 Å². The third kappa shape index (κ3) is 6.11. The number of nitrogens with one attached hydrogen (secondary N) is 2. The fourth-order valence-electron chi connectivity index (χ4n) is 4.47. The lowest BCUT2D eigenvalue weighted by molar-refractivity contribution is -0.144. The number of aryl methyl sites for hydroxylation is 1. The van der Waals surface area contributed by atoms with E-state index in [1.165, 1.54) is 30.0 Å². The van der Waals surface area contributed by atoms with Crippen molar-refractivity contribution in [3.8, 4) is 18.1 Å². The number of esters is 1. The number of aliphatic hydroxyl groups excluding tert-OH is 1. The topological polar surface area (TPSA) is 159 Å². The van der Waals surface area contributed by atoms with Gasteiger partial charge in [-0.3, -0.25) is 13.9 Å². The smallest absolute Gasteiger partial charge is 0.459 e. The highest BCUT2D eigenvalue weighted by Gasteiger charge is 2.58. The zero-order valence-electron chi connectivity index (χ0n) is 23.3. The Morgan fingerprint density at radius 3 is 2.76 bits per heavy atom. The fourth-order valence-corrected chi connectivity index (χ4v) is 5.97. The predicted molar refractivity (Wildman–Crippen MR) is 149 cm³/mol. The minimum absolute atomic E-state index is 0.106. The Balaban J connectivity index is 1.39. The molecule has 1 aliphatic heterocycles. The van der Waals surface area contributed by atoms with Gasteiger partial charge in [0.15, 0.2) is 23.2 Å². The number of benzene rings is 1. The number of hydrogen-bond acceptors (Lipinski definition) is 11. The van der Waals surface area contributed by atoms with Crippen molar-refractivity contribution in [1.29, 1.82) is 0 Å². The molecule has 6 atom stereocenters. The van der Waals surface area contributed by atoms with E-state index in [4.69, 9.17) is 24.9 Å². The van der Waals surface area contributed by atoms with Crippen LogP contribution in [0.3, 0.4) is 0 Å². The Labute approximate surface area is 241 Å². The number of carbonyl (C=O) groups is 1. The van der Waals surface area contributed by atoms with Gasteiger partial charge in [0.2, 0.25) is 5.67 Å². The highest BCUT2D eigenvalue weighted by Crippen LogP contribution is 2.48. The summed E-state index contributed by atoms with van der Waals surface area (Å²) >= 11 is 0. The normalized spacial score (nSPS) is 25.9. The van der Waals surface area contributed by atoms with Crippen LogP contribution in [0, 0.1) is 19.3 Å². The van der Waals surface area contributed by atoms with E-state index in [0.29, 0.717) is 17.2 Å². The van der Waals surface area contributed by atoms with Crippen molar-refractivity contribution in [2.45, 2.75) is 69.8 Å². The molecule has 2 aliphatic rings. The van der Waals surface area contributed by atoms with E-state index in [2.05, 4.69) is 25.4 Å². The summed E-state index contributed by atoms with van der Waals surface area (Å²) in [6.07, 6.45) is 4.05. The average molecular weight is 603 g/mol. The van der Waals surface area contributed by atoms with Gasteiger partial charge in [-0.05, 0) is 45.7 Å². The number of alkyl halides is 1. The summed E-state index contributed by atoms with van der Waals surface area (Å²) < 4.78 is 53.4. The van der Waals surface area contributed by atoms with Crippen LogP contribution >= 0.6 is 7.75 Å². The van der Waals surface area contributed by atoms with Crippen molar-refractivity contribution in [2.75, 3.05) is 18.5 Å². The van der Waals surface area contributed by atoms with Gasteiger partial charge < -0.3 is 24.4 Å². The molecule has 15 heteroatoms. The molecule has 3 heterocycles. The molecule has 3 N–H and O–H groups in total. The number of fused-ring (bicyclic) bond motifs is 1. The number of aromatic nitrogens is 4. The van der Waals surface area contributed by atoms with Crippen LogP contribution in [0.15, 0.2) is 36.7 Å². The van der Waals surface area contributed by atoms with Gasteiger partial charge in [-0.1, -0.05) is 24.1 Å². The minimum Gasteiger partial charge on any atom is -0.465 e. The molecule has 2 aromatic heterocycles. The Morgan fingerprint density at radius 1 is 1.36 bits per heavy atom. The second-order valence-corrected chi connectivity index (χ2v) is 11.7. The number of carbonyl (C=O) groups excluding carboxylic acids is 1. The molecule has 3 aromatic rings. The highest BCUT2D eigenvalue weighted by molar-refractivity contribution is 7.52. The molecule has 0 radical (unpaired) electrons. The maximum Gasteiger partial charge on any atom is 0.459 e. The van der Waals surface area contributed by atoms with Crippen LogP contribution in [0.5, 0.6) is 5.75 Å². The number of hydrogen-bond donors (Lipinski definition) is 3. The predicted octanol–water partition coefficient (Wildman–Crippen LogP) is 3.05. The highest BCUT2D eigenvalue weighted by atomic mass is 31.2. The first-order chi connectivity index (χ1) is 20.1. The fraction of sp³-hybridized carbons (Fsp3) is 0.481. The van der Waals surface area contributed by atoms with E-state index in [9.17, 15) is 14.5 Å². The lowest BCUT2D eigenvalue weighted by Crippen LogP contribution is -2.42. The van der Waals surface area contributed by atoms with Crippen molar-refractivity contribution in [2.24, 2.45) is 0 Å². The monoisotopic (exact) mass is 602 g/mol. The Morgan fingerprint density at radius 2 is 2.10 bits per heavy atom. The summed E-state index contributed by atoms with van der Waals surface area (Å²) in [5.74, 6) is 2.41. The van der Waals surface area contributed by atoms with Gasteiger partial charge in [-0.2, -0.15) is 5.09 Å². The molecule has 1 aliphatic carbocycles. The van der Waals surface area contributed by atoms with Gasteiger partial charge in [0.25, 0.3) is 0 Å². The minimum atomic E-state index is -4.31. The second-order valence-electron chi connectivity index (χ2n) is 10.0. The van der Waals surface area contributed by atoms with Crippen molar-refractivity contribution in [3.05, 3.63) is 42.5 Å². The Bertz CT molecular complexity index is 1530. The molecule has 13 nitrogen and oxygen atoms in total. The lowest BCUT2D eigenvalue weighted by atomic mass is 9.97. The number of anilines is 1. The Kier molecular flexibility index (Phi) is 8.50. The summed E-state index contributed by atoms with van der Waals surface area (Å²) in [4.78, 5) is 25.4. The third-order valence-electron chi connectivity index (χ3n) is 6.74. The first kappa shape index (κ1) is 29.9. The molecule has 1 saturated heterocycles. The average Bonchev–Trinajstić information content (AvgIpc) is 3.62. The molecule has 42 heavy (non-hydrogen) atoms. The van der Waals surface area contributed by atoms with Crippen LogP contribution in [0.4, 0.5) is 10.2 Å². The van der Waals surface area contributed by atoms with Crippen LogP contribution in [-0.4, -0.2) is 73.8 Å². The number of terminal acetylenes is 1. The van der Waals surface area contributed by atoms with Crippen molar-refractivity contribution in [1.82, 2.24) is 24.6 Å². The van der Waals surface area contributed by atoms with Crippen molar-refractivity contribution in [3.63, 3.8) is 0 Å². The summed E-state index contributed by atoms with van der Waals surface area (Å²) in [6.45, 7) is 4.23. The zero-order chi connectivity index (χ0) is 30.1. The van der Waals surface area contributed by atoms with Gasteiger partial charge in [0.1, 0.15) is 29.8 Å². The van der Waals surface area contributed by atoms with Crippen molar-refractivity contribution < 1.29 is 37.4 Å². The summed E-state index contributed by atoms with van der Waals surface area (Å²) in [6, 6.07) is 7.29. The summed E-state index contributed by atoms with van der Waals surface area (Å²) in [5.41, 5.74) is -2.09. The molecule has 2 fully saturated rings. The van der Waals surface area contributed by atoms with E-state index in [-0.39, 0.29) is 24.0 Å². The van der Waals surface area contributed by atoms with E-state index in [1.807, 2.05) is 5.92 Å². The summed E-state index contributed by atoms with van der Waals surface area (Å²) in [7, 11) is -4.31. The second kappa shape index (κ2) is 11.9. The first-order valence-corrected chi connectivity index (χ1v) is 15.0. The SMILES string of the molecule is C#C[C@@]1(F)[C@H](O)[C@@H](CO[P@@](=O)(N[C@@H](C)C(=O)OCC)Oc2ccccc2)O[C@H]1n1cnc2c(NC3CC3)nc(C)nc21. The number of ether oxygens (including phenoxy) is 2. The van der Waals surface area contributed by atoms with E-state index in [1.54, 1.807) is 32.0 Å². The van der Waals surface area contributed by atoms with E-state index >= 15 is 4.39 Å². The zero-order valence-corrected chi connectivity index (χ0v) is 24.2. The molecule has 1 aromatic carbocycles. The van der Waals surface area contributed by atoms with E-state index < -0.39 is 50.5 Å². The van der Waals surface area contributed by atoms with Crippen LogP contribution in [0.1, 0.15) is 38.7 Å². The molecule has 0 amide bonds. The lowest BCUT2D eigenvalue weighted by Gasteiger charge is -2.25. The van der Waals surface area contributed by atoms with Crippen LogP contribution in [0.2, 0.25) is 0 Å². The number of para-hydroxylation sites is 1. The largest absolute Gasteiger partial charge is 0.465 e. The molecular weight excluding hydrogens is 570 g/mol. The van der Waals surface area contributed by atoms with Gasteiger partial charge in [0.05, 0.1) is 19.5 Å². The summed E-state index contributed by atoms with van der Waals surface area (Å²) in [5, 5.41) is 16.8. The first-order valence-electron chi connectivity index (χ1n) is 13.5. The number of imidazole rings is 1. The van der Waals surface area contributed by atoms with E-state index in [0.717, 1.165) is 12.8 Å². The number of halogens is 1. The maximum absolute atomic E-state index is 16.3. The van der Waals surface area contributed by atoms with Gasteiger partial charge in [-0.25, -0.2) is 23.9 Å². The standard InChI is InChI=1S/C27H32FN6O7P/c1-5-27(28)22(35)20(14-39-42(37,33-16(3)25(36)38-6-2)41-19-10-8-7-9-11-19)40-26(27)34-15-29-21-23(32-18-12-13-18)30-17(4)31-24(21)34/h1,7-11,15-16,18,20,22,26,35H,6,12-14H2,2-4H3,(H,33,37)(H,30,31,32)/t16-,20+,22+,26+,27+,42-/m0/s1. The van der Waals surface area contributed by atoms with Gasteiger partial charge in [0, 0.05) is 6.04 Å². The molecular formula is C27H32FN6O7P. The molecule has 0 spiro atoms. The molecule has 0 unspecified atom stereocenters. The quantitative estimate of drug-likeness (QED) is 0.158. The Hall–Kier alpha value is -3.60. The molecule has 5 rings (SSSR count). The van der Waals surface area contributed by atoms with Gasteiger partial charge >= 0.3 is 13.7 Å². The van der Waals surface area contributed by atoms with Crippen LogP contribution in [0.25, 0.3) is 11.2 Å². The number of nitrogens with zero attached hydrogens (tertiary/aromatic N) is 4. The molecule has 224 valence electrons. The number of rotatable bonds is 12. The van der Waals surface area contributed by atoms with Gasteiger partial charge in [-0.15, -0.1) is 6.42 Å². The van der Waals surface area contributed by atoms with Crippen LogP contribution in [-0.2, 0) is 23.4 Å². The molecule has 0 bridgehead atoms. The third-order valence-corrected chi connectivity index (χ3v) is 8.38.